The lowest BCUT2D eigenvalue weighted by Gasteiger charge is -2.14. The van der Waals surface area contributed by atoms with Crippen LogP contribution < -0.4 is 10.1 Å². The maximum Gasteiger partial charge on any atom is 0.252 e. The smallest absolute Gasteiger partial charge is 0.252 e. The summed E-state index contributed by atoms with van der Waals surface area (Å²) in [6, 6.07) is 8.93. The molecule has 1 amide bonds. The normalized spacial score (nSPS) is 17.5. The van der Waals surface area contributed by atoms with Crippen molar-refractivity contribution in [2.75, 3.05) is 45.8 Å². The van der Waals surface area contributed by atoms with E-state index in [-0.39, 0.29) is 23.5 Å². The molecule has 10 heteroatoms. The molecule has 0 spiro atoms. The fourth-order valence-electron chi connectivity index (χ4n) is 4.13. The highest BCUT2D eigenvalue weighted by molar-refractivity contribution is 7.91. The average Bonchev–Trinajstić information content (AvgIpc) is 3.31. The van der Waals surface area contributed by atoms with Gasteiger partial charge in [0.15, 0.2) is 15.5 Å². The predicted molar refractivity (Wildman–Crippen MR) is 127 cm³/mol. The molecule has 1 N–H and O–H groups in total. The number of aryl methyl sites for hydroxylation is 1. The van der Waals surface area contributed by atoms with E-state index in [4.69, 9.17) is 9.72 Å². The van der Waals surface area contributed by atoms with E-state index in [1.54, 1.807) is 17.9 Å². The first kappa shape index (κ1) is 23.2. The molecule has 0 bridgehead atoms. The van der Waals surface area contributed by atoms with E-state index in [1.165, 1.54) is 0 Å². The lowest BCUT2D eigenvalue weighted by Crippen LogP contribution is -2.31. The fraction of sp³-hybridized carbons (Fsp3) is 0.435. The Balaban J connectivity index is 1.86. The first-order chi connectivity index (χ1) is 15.7. The van der Waals surface area contributed by atoms with Crippen LogP contribution in [0.2, 0.25) is 0 Å². The summed E-state index contributed by atoms with van der Waals surface area (Å²) in [5.74, 6) is 0.623. The van der Waals surface area contributed by atoms with Gasteiger partial charge in [-0.3, -0.25) is 4.79 Å². The minimum Gasteiger partial charge on any atom is -0.497 e. The van der Waals surface area contributed by atoms with E-state index in [0.29, 0.717) is 53.2 Å². The molecule has 1 aliphatic rings. The molecule has 2 aromatic heterocycles. The summed E-state index contributed by atoms with van der Waals surface area (Å²) < 4.78 is 31.3. The average molecular weight is 472 g/mol. The highest BCUT2D eigenvalue weighted by atomic mass is 32.2. The van der Waals surface area contributed by atoms with Crippen molar-refractivity contribution in [3.8, 4) is 17.0 Å². The molecule has 1 aromatic carbocycles. The van der Waals surface area contributed by atoms with Gasteiger partial charge in [0, 0.05) is 18.7 Å². The third-order valence-electron chi connectivity index (χ3n) is 5.85. The summed E-state index contributed by atoms with van der Waals surface area (Å²) in [5, 5.41) is 8.26. The van der Waals surface area contributed by atoms with Gasteiger partial charge in [0.1, 0.15) is 5.75 Å². The van der Waals surface area contributed by atoms with Gasteiger partial charge in [-0.2, -0.15) is 5.10 Å². The van der Waals surface area contributed by atoms with Gasteiger partial charge in [0.05, 0.1) is 47.0 Å². The first-order valence-corrected chi connectivity index (χ1v) is 12.7. The summed E-state index contributed by atoms with van der Waals surface area (Å²) >= 11 is 0. The van der Waals surface area contributed by atoms with E-state index in [1.807, 2.05) is 50.2 Å². The van der Waals surface area contributed by atoms with Gasteiger partial charge in [0.2, 0.25) is 0 Å². The molecule has 176 valence electrons. The number of methoxy groups -OCH3 is 1. The van der Waals surface area contributed by atoms with Gasteiger partial charge in [-0.1, -0.05) is 12.1 Å². The van der Waals surface area contributed by atoms with Crippen molar-refractivity contribution in [1.82, 2.24) is 25.0 Å². The molecule has 1 atom stereocenters. The van der Waals surface area contributed by atoms with Crippen LogP contribution >= 0.6 is 0 Å². The largest absolute Gasteiger partial charge is 0.497 e. The van der Waals surface area contributed by atoms with Crippen LogP contribution in [0.25, 0.3) is 22.3 Å². The fourth-order valence-corrected chi connectivity index (χ4v) is 5.83. The quantitative estimate of drug-likeness (QED) is 0.562. The number of sulfone groups is 1. The number of rotatable bonds is 7. The van der Waals surface area contributed by atoms with E-state index >= 15 is 0 Å². The third kappa shape index (κ3) is 4.86. The molecule has 0 radical (unpaired) electrons. The lowest BCUT2D eigenvalue weighted by atomic mass is 10.0. The number of amides is 1. The Morgan fingerprint density at radius 3 is 2.76 bits per heavy atom. The van der Waals surface area contributed by atoms with Gasteiger partial charge >= 0.3 is 0 Å². The number of nitrogens with zero attached hydrogens (tertiary/aromatic N) is 4. The topological polar surface area (TPSA) is 106 Å². The van der Waals surface area contributed by atoms with Crippen molar-refractivity contribution in [3.05, 3.63) is 41.6 Å². The Bertz CT molecular complexity index is 1300. The molecule has 3 aromatic rings. The van der Waals surface area contributed by atoms with Crippen molar-refractivity contribution < 1.29 is 17.9 Å². The third-order valence-corrected chi connectivity index (χ3v) is 7.60. The summed E-state index contributed by atoms with van der Waals surface area (Å²) in [4.78, 5) is 20.1. The Hall–Kier alpha value is -2.98. The summed E-state index contributed by atoms with van der Waals surface area (Å²) in [6.07, 6.45) is 0.480. The summed E-state index contributed by atoms with van der Waals surface area (Å²) in [6.45, 7) is 3.03. The van der Waals surface area contributed by atoms with Gasteiger partial charge < -0.3 is 15.0 Å². The van der Waals surface area contributed by atoms with Gasteiger partial charge in [-0.25, -0.2) is 18.1 Å². The van der Waals surface area contributed by atoms with Crippen molar-refractivity contribution in [2.45, 2.75) is 19.4 Å². The van der Waals surface area contributed by atoms with Crippen LogP contribution in [0, 0.1) is 6.92 Å². The van der Waals surface area contributed by atoms with Crippen molar-refractivity contribution in [1.29, 1.82) is 0 Å². The molecule has 1 unspecified atom stereocenters. The lowest BCUT2D eigenvalue weighted by molar-refractivity contribution is 0.0952. The van der Waals surface area contributed by atoms with Crippen LogP contribution in [0.3, 0.4) is 0 Å². The zero-order valence-corrected chi connectivity index (χ0v) is 20.1. The molecule has 33 heavy (non-hydrogen) atoms. The number of aromatic nitrogens is 3. The molecule has 0 saturated carbocycles. The highest BCUT2D eigenvalue weighted by Gasteiger charge is 2.32. The summed E-state index contributed by atoms with van der Waals surface area (Å²) in [5.41, 5.74) is 3.04. The monoisotopic (exact) mass is 471 g/mol. The van der Waals surface area contributed by atoms with E-state index < -0.39 is 9.84 Å². The number of carbonyl (C=O) groups excluding carboxylic acids is 1. The predicted octanol–water partition coefficient (Wildman–Crippen LogP) is 2.07. The number of fused-ring (bicyclic) bond motifs is 1. The van der Waals surface area contributed by atoms with Crippen molar-refractivity contribution >= 4 is 26.8 Å². The number of likely N-dealkylation sites (N-methyl/N-ethyl adjacent to an activating group) is 1. The minimum absolute atomic E-state index is 0.0264. The van der Waals surface area contributed by atoms with Crippen LogP contribution in [-0.4, -0.2) is 79.8 Å². The number of ether oxygens (including phenoxy) is 1. The molecule has 1 saturated heterocycles. The maximum atomic E-state index is 13.2. The number of benzene rings is 1. The van der Waals surface area contributed by atoms with Gasteiger partial charge in [-0.05, 0) is 45.6 Å². The second-order valence-electron chi connectivity index (χ2n) is 8.63. The summed E-state index contributed by atoms with van der Waals surface area (Å²) in [7, 11) is 2.38. The molecule has 3 heterocycles. The van der Waals surface area contributed by atoms with Crippen LogP contribution in [0.1, 0.15) is 28.5 Å². The van der Waals surface area contributed by atoms with Crippen LogP contribution in [-0.2, 0) is 9.84 Å². The van der Waals surface area contributed by atoms with Gasteiger partial charge in [-0.15, -0.1) is 0 Å². The molecule has 1 fully saturated rings. The van der Waals surface area contributed by atoms with Crippen LogP contribution in [0.5, 0.6) is 5.75 Å². The maximum absolute atomic E-state index is 13.2. The van der Waals surface area contributed by atoms with Crippen molar-refractivity contribution in [3.63, 3.8) is 0 Å². The van der Waals surface area contributed by atoms with E-state index in [2.05, 4.69) is 10.4 Å². The standard InChI is InChI=1S/C23H29N5O4S/c1-15-21-19(23(29)24-9-10-27(2)3)13-20(16-6-5-7-18(12-16)32-4)25-22(21)28(26-15)17-8-11-33(30,31)14-17/h5-7,12-13,17H,8-11,14H2,1-4H3,(H,24,29). The van der Waals surface area contributed by atoms with Crippen LogP contribution in [0.4, 0.5) is 0 Å². The molecular formula is C23H29N5O4S. The zero-order chi connectivity index (χ0) is 23.8. The first-order valence-electron chi connectivity index (χ1n) is 10.9. The highest BCUT2D eigenvalue weighted by Crippen LogP contribution is 2.32. The Morgan fingerprint density at radius 2 is 2.09 bits per heavy atom. The Morgan fingerprint density at radius 1 is 1.30 bits per heavy atom. The second kappa shape index (κ2) is 9.11. The number of carbonyl (C=O) groups is 1. The van der Waals surface area contributed by atoms with Crippen molar-refractivity contribution in [2.24, 2.45) is 0 Å². The van der Waals surface area contributed by atoms with Crippen LogP contribution in [0.15, 0.2) is 30.3 Å². The SMILES string of the molecule is COc1cccc(-c2cc(C(=O)NCCN(C)C)c3c(C)nn(C4CCS(=O)(=O)C4)c3n2)c1. The molecule has 4 rings (SSSR count). The number of nitrogens with one attached hydrogen (secondary N) is 1. The van der Waals surface area contributed by atoms with E-state index in [9.17, 15) is 13.2 Å². The zero-order valence-electron chi connectivity index (χ0n) is 19.3. The molecule has 0 aliphatic carbocycles. The second-order valence-corrected chi connectivity index (χ2v) is 10.9. The number of pyridine rings is 1. The Kier molecular flexibility index (Phi) is 6.40. The van der Waals surface area contributed by atoms with Gasteiger partial charge in [0.25, 0.3) is 5.91 Å². The Labute approximate surface area is 193 Å². The number of hydrogen-bond acceptors (Lipinski definition) is 7. The molecular weight excluding hydrogens is 442 g/mol. The molecule has 1 aliphatic heterocycles. The number of hydrogen-bond donors (Lipinski definition) is 1. The minimum atomic E-state index is -3.11. The molecule has 9 nitrogen and oxygen atoms in total. The van der Waals surface area contributed by atoms with E-state index in [0.717, 1.165) is 5.56 Å².